The Morgan fingerprint density at radius 3 is 2.23 bits per heavy atom. The van der Waals surface area contributed by atoms with Crippen molar-refractivity contribution in [1.29, 1.82) is 0 Å². The van der Waals surface area contributed by atoms with Crippen molar-refractivity contribution in [1.82, 2.24) is 10.6 Å². The minimum Gasteiger partial charge on any atom is -0.469 e. The number of methoxy groups -OCH3 is 2. The number of amides is 1. The average molecular weight is 507 g/mol. The number of ketones is 2. The van der Waals surface area contributed by atoms with Gasteiger partial charge in [0.2, 0.25) is 5.91 Å². The third-order valence-corrected chi connectivity index (χ3v) is 5.84. The summed E-state index contributed by atoms with van der Waals surface area (Å²) in [5.74, 6) is -2.40. The Morgan fingerprint density at radius 2 is 1.66 bits per heavy atom. The van der Waals surface area contributed by atoms with Gasteiger partial charge in [0, 0.05) is 38.0 Å². The van der Waals surface area contributed by atoms with Crippen molar-refractivity contribution in [2.75, 3.05) is 20.8 Å². The first-order chi connectivity index (χ1) is 16.6. The zero-order chi connectivity index (χ0) is 26.4. The molecular formula is C26H38N2O6S. The molecule has 35 heavy (non-hydrogen) atoms. The molecule has 0 unspecified atom stereocenters. The normalized spacial score (nSPS) is 13.3. The lowest BCUT2D eigenvalue weighted by Crippen LogP contribution is -2.43. The monoisotopic (exact) mass is 506 g/mol. The number of Topliss-reactive ketones (excluding diaryl/α,β-unsaturated/α-hetero) is 2. The van der Waals surface area contributed by atoms with Crippen LogP contribution >= 0.6 is 12.2 Å². The molecule has 0 aromatic heterocycles. The minimum absolute atomic E-state index is 0.0336. The number of thiocarbonyl (C=S) groups is 1. The number of benzene rings is 1. The first-order valence-corrected chi connectivity index (χ1v) is 12.3. The average Bonchev–Trinajstić information content (AvgIpc) is 2.82. The molecule has 0 saturated carbocycles. The summed E-state index contributed by atoms with van der Waals surface area (Å²) < 4.78 is 9.76. The molecule has 1 amide bonds. The van der Waals surface area contributed by atoms with E-state index in [2.05, 4.69) is 15.4 Å². The smallest absolute Gasteiger partial charge is 0.308 e. The van der Waals surface area contributed by atoms with Crippen LogP contribution in [0.25, 0.3) is 0 Å². The first kappa shape index (κ1) is 30.4. The van der Waals surface area contributed by atoms with Gasteiger partial charge >= 0.3 is 5.97 Å². The van der Waals surface area contributed by atoms with Gasteiger partial charge in [-0.25, -0.2) is 0 Å². The van der Waals surface area contributed by atoms with E-state index in [1.807, 2.05) is 19.1 Å². The van der Waals surface area contributed by atoms with E-state index in [0.717, 1.165) is 18.4 Å². The number of hydrogen-bond donors (Lipinski definition) is 2. The van der Waals surface area contributed by atoms with Crippen LogP contribution in [0.5, 0.6) is 0 Å². The molecular weight excluding hydrogens is 468 g/mol. The van der Waals surface area contributed by atoms with Gasteiger partial charge in [-0.15, -0.1) is 0 Å². The molecule has 9 heteroatoms. The highest BCUT2D eigenvalue weighted by molar-refractivity contribution is 7.80. The molecule has 0 bridgehead atoms. The summed E-state index contributed by atoms with van der Waals surface area (Å²) in [6.45, 7) is 6.15. The zero-order valence-corrected chi connectivity index (χ0v) is 22.2. The fourth-order valence-corrected chi connectivity index (χ4v) is 3.68. The van der Waals surface area contributed by atoms with Crippen LogP contribution in [0.15, 0.2) is 24.3 Å². The summed E-state index contributed by atoms with van der Waals surface area (Å²) in [7, 11) is 2.87. The summed E-state index contributed by atoms with van der Waals surface area (Å²) >= 11 is 5.01. The molecule has 194 valence electrons. The van der Waals surface area contributed by atoms with Crippen molar-refractivity contribution in [2.24, 2.45) is 11.8 Å². The largest absolute Gasteiger partial charge is 0.469 e. The predicted molar refractivity (Wildman–Crippen MR) is 138 cm³/mol. The van der Waals surface area contributed by atoms with E-state index >= 15 is 0 Å². The van der Waals surface area contributed by atoms with Crippen molar-refractivity contribution in [3.8, 4) is 0 Å². The molecule has 8 nitrogen and oxygen atoms in total. The molecule has 0 radical (unpaired) electrons. The van der Waals surface area contributed by atoms with Crippen LogP contribution in [-0.2, 0) is 30.5 Å². The number of carbonyl (C=O) groups is 4. The fourth-order valence-electron chi connectivity index (χ4n) is 3.58. The lowest BCUT2D eigenvalue weighted by atomic mass is 9.91. The van der Waals surface area contributed by atoms with E-state index in [-0.39, 0.29) is 30.3 Å². The van der Waals surface area contributed by atoms with Gasteiger partial charge in [0.15, 0.2) is 11.6 Å². The number of ether oxygens (including phenoxy) is 2. The van der Waals surface area contributed by atoms with Crippen molar-refractivity contribution < 1.29 is 28.7 Å². The molecule has 1 rings (SSSR count). The van der Waals surface area contributed by atoms with Crippen molar-refractivity contribution >= 4 is 40.6 Å². The first-order valence-electron chi connectivity index (χ1n) is 11.8. The highest BCUT2D eigenvalue weighted by Gasteiger charge is 2.27. The topological polar surface area (TPSA) is 111 Å². The number of rotatable bonds is 16. The van der Waals surface area contributed by atoms with Gasteiger partial charge < -0.3 is 20.1 Å². The number of esters is 1. The van der Waals surface area contributed by atoms with E-state index in [1.165, 1.54) is 7.11 Å². The standard InChI is InChI=1S/C26H38N2O6S/c1-17(26(32)34-5)14-23(29)18(2)28-25(31)22(8-6-7-13-27-19(3)35)15-24(30)21-11-9-20(10-12-21)16-33-4/h9-12,17-18,22H,6-8,13-16H2,1-5H3,(H,27,35)(H,28,31)/t17-,18+,22-/m1/s1. The van der Waals surface area contributed by atoms with E-state index in [9.17, 15) is 19.2 Å². The maximum atomic E-state index is 13.1. The second kappa shape index (κ2) is 16.1. The van der Waals surface area contributed by atoms with Gasteiger partial charge in [-0.3, -0.25) is 19.2 Å². The number of unbranched alkanes of at least 4 members (excludes halogenated alkanes) is 1. The summed E-state index contributed by atoms with van der Waals surface area (Å²) in [5, 5.41) is 5.82. The van der Waals surface area contributed by atoms with Crippen LogP contribution in [0.4, 0.5) is 0 Å². The Bertz CT molecular complexity index is 871. The Kier molecular flexibility index (Phi) is 14.0. The molecule has 3 atom stereocenters. The van der Waals surface area contributed by atoms with Gasteiger partial charge in [-0.2, -0.15) is 0 Å². The molecule has 0 fully saturated rings. The van der Waals surface area contributed by atoms with Crippen LogP contribution in [0.1, 0.15) is 68.8 Å². The summed E-state index contributed by atoms with van der Waals surface area (Å²) in [6.07, 6.45) is 2.01. The van der Waals surface area contributed by atoms with Gasteiger partial charge in [0.1, 0.15) is 0 Å². The molecule has 0 aliphatic carbocycles. The lowest BCUT2D eigenvalue weighted by molar-refractivity contribution is -0.146. The molecule has 0 heterocycles. The van der Waals surface area contributed by atoms with Gasteiger partial charge in [0.25, 0.3) is 0 Å². The molecule has 0 saturated heterocycles. The molecule has 2 N–H and O–H groups in total. The van der Waals surface area contributed by atoms with E-state index in [1.54, 1.807) is 33.1 Å². The summed E-state index contributed by atoms with van der Waals surface area (Å²) in [6, 6.07) is 6.35. The van der Waals surface area contributed by atoms with Crippen LogP contribution in [0.3, 0.4) is 0 Å². The molecule has 1 aromatic carbocycles. The highest BCUT2D eigenvalue weighted by Crippen LogP contribution is 2.18. The van der Waals surface area contributed by atoms with Crippen molar-refractivity contribution in [3.63, 3.8) is 0 Å². The van der Waals surface area contributed by atoms with Crippen LogP contribution < -0.4 is 10.6 Å². The molecule has 0 aliphatic rings. The van der Waals surface area contributed by atoms with Gasteiger partial charge in [0.05, 0.1) is 30.7 Å². The van der Waals surface area contributed by atoms with E-state index in [0.29, 0.717) is 30.1 Å². The van der Waals surface area contributed by atoms with E-state index < -0.39 is 23.8 Å². The summed E-state index contributed by atoms with van der Waals surface area (Å²) in [4.78, 5) is 50.8. The van der Waals surface area contributed by atoms with Crippen molar-refractivity contribution in [3.05, 3.63) is 35.4 Å². The SMILES string of the molecule is COCc1ccc(C(=O)C[C@@H](CCCCNC(C)=S)C(=O)N[C@@H](C)C(=O)C[C@@H](C)C(=O)OC)cc1. The van der Waals surface area contributed by atoms with Gasteiger partial charge in [-0.1, -0.05) is 49.8 Å². The van der Waals surface area contributed by atoms with Gasteiger partial charge in [-0.05, 0) is 32.3 Å². The quantitative estimate of drug-likeness (QED) is 0.152. The van der Waals surface area contributed by atoms with Crippen LogP contribution in [0, 0.1) is 11.8 Å². The Morgan fingerprint density at radius 1 is 1.00 bits per heavy atom. The maximum absolute atomic E-state index is 13.1. The molecule has 1 aromatic rings. The minimum atomic E-state index is -0.778. The Labute approximate surface area is 213 Å². The third kappa shape index (κ3) is 11.6. The maximum Gasteiger partial charge on any atom is 0.308 e. The number of carbonyl (C=O) groups excluding carboxylic acids is 4. The lowest BCUT2D eigenvalue weighted by Gasteiger charge is -2.20. The zero-order valence-electron chi connectivity index (χ0n) is 21.3. The molecule has 0 aliphatic heterocycles. The summed E-state index contributed by atoms with van der Waals surface area (Å²) in [5.41, 5.74) is 1.48. The number of nitrogens with one attached hydrogen (secondary N) is 2. The Hall–Kier alpha value is -2.65. The van der Waals surface area contributed by atoms with Crippen molar-refractivity contribution in [2.45, 2.75) is 65.5 Å². The van der Waals surface area contributed by atoms with Crippen LogP contribution in [-0.4, -0.2) is 55.2 Å². The Balaban J connectivity index is 2.82. The fraction of sp³-hybridized carbons (Fsp3) is 0.577. The number of hydrogen-bond acceptors (Lipinski definition) is 7. The predicted octanol–water partition coefficient (Wildman–Crippen LogP) is 3.40. The van der Waals surface area contributed by atoms with E-state index in [4.69, 9.17) is 17.0 Å². The second-order valence-electron chi connectivity index (χ2n) is 8.76. The third-order valence-electron chi connectivity index (χ3n) is 5.70. The highest BCUT2D eigenvalue weighted by atomic mass is 32.1. The second-order valence-corrected chi connectivity index (χ2v) is 9.37. The molecule has 0 spiro atoms. The van der Waals surface area contributed by atoms with Crippen LogP contribution in [0.2, 0.25) is 0 Å².